The van der Waals surface area contributed by atoms with Crippen molar-refractivity contribution in [3.05, 3.63) is 23.8 Å². The van der Waals surface area contributed by atoms with Gasteiger partial charge in [-0.25, -0.2) is 0 Å². The summed E-state index contributed by atoms with van der Waals surface area (Å²) in [5.74, 6) is 0.148. The minimum atomic E-state index is 0.0432. The Morgan fingerprint density at radius 1 is 1.31 bits per heavy atom. The van der Waals surface area contributed by atoms with E-state index in [4.69, 9.17) is 0 Å². The monoisotopic (exact) mass is 180 g/mol. The van der Waals surface area contributed by atoms with Crippen LogP contribution in [-0.4, -0.2) is 5.78 Å². The lowest BCUT2D eigenvalue weighted by molar-refractivity contribution is -0.113. The van der Waals surface area contributed by atoms with E-state index in [2.05, 4.69) is 20.4 Å². The lowest BCUT2D eigenvalue weighted by Gasteiger charge is -2.21. The molecule has 13 heavy (non-hydrogen) atoms. The van der Waals surface area contributed by atoms with E-state index in [9.17, 15) is 4.79 Å². The summed E-state index contributed by atoms with van der Waals surface area (Å²) in [5, 5.41) is 0. The fourth-order valence-electron chi connectivity index (χ4n) is 1.52. The summed E-state index contributed by atoms with van der Waals surface area (Å²) >= 11 is 0. The second-order valence-corrected chi connectivity index (χ2v) is 4.51. The van der Waals surface area contributed by atoms with Gasteiger partial charge in [0.05, 0.1) is 0 Å². The number of allylic oxidation sites excluding steroid dienone is 3. The zero-order chi connectivity index (χ0) is 10.6. The number of rotatable bonds is 4. The van der Waals surface area contributed by atoms with Crippen LogP contribution in [0.3, 0.4) is 0 Å². The molecule has 0 amide bonds. The minimum Gasteiger partial charge on any atom is -0.295 e. The Labute approximate surface area is 81.5 Å². The van der Waals surface area contributed by atoms with Gasteiger partial charge in [0, 0.05) is 0 Å². The highest BCUT2D eigenvalue weighted by Crippen LogP contribution is 2.27. The van der Waals surface area contributed by atoms with Gasteiger partial charge in [0.1, 0.15) is 0 Å². The van der Waals surface area contributed by atoms with Crippen LogP contribution < -0.4 is 0 Å². The van der Waals surface area contributed by atoms with Gasteiger partial charge in [-0.05, 0) is 38.2 Å². The lowest BCUT2D eigenvalue weighted by atomic mass is 9.84. The molecule has 0 aromatic rings. The predicted molar refractivity (Wildman–Crippen MR) is 57.7 cm³/mol. The van der Waals surface area contributed by atoms with Crippen molar-refractivity contribution in [1.29, 1.82) is 0 Å². The van der Waals surface area contributed by atoms with Crippen LogP contribution in [0.1, 0.15) is 41.0 Å². The normalized spacial score (nSPS) is 12.8. The number of carbonyl (C=O) groups excluding carboxylic acids is 1. The summed E-state index contributed by atoms with van der Waals surface area (Å²) < 4.78 is 0. The van der Waals surface area contributed by atoms with E-state index in [1.807, 2.05) is 19.9 Å². The van der Waals surface area contributed by atoms with Crippen molar-refractivity contribution < 1.29 is 4.79 Å². The molecule has 74 valence electrons. The van der Waals surface area contributed by atoms with Crippen molar-refractivity contribution >= 4 is 5.78 Å². The molecule has 0 unspecified atom stereocenters. The lowest BCUT2D eigenvalue weighted by Crippen LogP contribution is -2.10. The summed E-state index contributed by atoms with van der Waals surface area (Å²) in [5.41, 5.74) is 2.03. The number of ketones is 1. The van der Waals surface area contributed by atoms with E-state index in [1.54, 1.807) is 6.92 Å². The first kappa shape index (κ1) is 12.2. The molecule has 0 rings (SSSR count). The molecule has 0 fully saturated rings. The fraction of sp³-hybridized carbons (Fsp3) is 0.583. The molecule has 0 aromatic carbocycles. The summed E-state index contributed by atoms with van der Waals surface area (Å²) in [6, 6.07) is 0. The number of carbonyl (C=O) groups is 1. The molecule has 0 atom stereocenters. The van der Waals surface area contributed by atoms with Crippen molar-refractivity contribution in [2.45, 2.75) is 41.0 Å². The van der Waals surface area contributed by atoms with Gasteiger partial charge in [0.2, 0.25) is 0 Å². The standard InChI is InChI=1S/C12H20O/c1-9(2)7-12(5,6)8-10(3)11(4)13/h8H,1,7H2,2-6H3/b10-8+. The van der Waals surface area contributed by atoms with Gasteiger partial charge >= 0.3 is 0 Å². The van der Waals surface area contributed by atoms with E-state index in [1.165, 1.54) is 0 Å². The molecule has 0 aliphatic heterocycles. The van der Waals surface area contributed by atoms with Gasteiger partial charge in [0.15, 0.2) is 5.78 Å². The zero-order valence-corrected chi connectivity index (χ0v) is 9.40. The van der Waals surface area contributed by atoms with Crippen molar-refractivity contribution in [1.82, 2.24) is 0 Å². The first-order chi connectivity index (χ1) is 5.74. The fourth-order valence-corrected chi connectivity index (χ4v) is 1.52. The summed E-state index contributed by atoms with van der Waals surface area (Å²) in [6.45, 7) is 13.6. The van der Waals surface area contributed by atoms with E-state index < -0.39 is 0 Å². The first-order valence-electron chi connectivity index (χ1n) is 4.59. The summed E-state index contributed by atoms with van der Waals surface area (Å²) in [4.78, 5) is 11.0. The highest BCUT2D eigenvalue weighted by molar-refractivity contribution is 5.92. The Kier molecular flexibility index (Phi) is 4.12. The molecular formula is C12H20O. The van der Waals surface area contributed by atoms with Crippen molar-refractivity contribution in [2.75, 3.05) is 0 Å². The molecule has 0 saturated heterocycles. The SMILES string of the molecule is C=C(C)CC(C)(C)/C=C(\C)C(C)=O. The molecule has 0 heterocycles. The van der Waals surface area contributed by atoms with Gasteiger partial charge in [0.25, 0.3) is 0 Å². The molecule has 0 aliphatic carbocycles. The number of hydrogen-bond acceptors (Lipinski definition) is 1. The Morgan fingerprint density at radius 3 is 2.08 bits per heavy atom. The topological polar surface area (TPSA) is 17.1 Å². The second kappa shape index (κ2) is 4.40. The highest BCUT2D eigenvalue weighted by Gasteiger charge is 2.15. The van der Waals surface area contributed by atoms with Crippen molar-refractivity contribution in [3.63, 3.8) is 0 Å². The molecule has 0 spiro atoms. The van der Waals surface area contributed by atoms with E-state index in [0.29, 0.717) is 0 Å². The summed E-state index contributed by atoms with van der Waals surface area (Å²) in [6.07, 6.45) is 2.96. The predicted octanol–water partition coefficient (Wildman–Crippen LogP) is 3.51. The Bertz CT molecular complexity index is 244. The molecular weight excluding hydrogens is 160 g/mol. The van der Waals surface area contributed by atoms with Gasteiger partial charge in [-0.2, -0.15) is 0 Å². The average Bonchev–Trinajstić information content (AvgIpc) is 1.81. The third kappa shape index (κ3) is 5.40. The molecule has 0 aromatic heterocycles. The third-order valence-electron chi connectivity index (χ3n) is 1.92. The third-order valence-corrected chi connectivity index (χ3v) is 1.92. The van der Waals surface area contributed by atoms with E-state index in [0.717, 1.165) is 17.6 Å². The Morgan fingerprint density at radius 2 is 1.77 bits per heavy atom. The minimum absolute atomic E-state index is 0.0432. The number of hydrogen-bond donors (Lipinski definition) is 0. The van der Waals surface area contributed by atoms with Gasteiger partial charge in [-0.15, -0.1) is 6.58 Å². The van der Waals surface area contributed by atoms with Crippen molar-refractivity contribution in [3.8, 4) is 0 Å². The molecule has 0 radical (unpaired) electrons. The maximum atomic E-state index is 11.0. The quantitative estimate of drug-likeness (QED) is 0.478. The van der Waals surface area contributed by atoms with Crippen LogP contribution in [0.2, 0.25) is 0 Å². The maximum absolute atomic E-state index is 11.0. The largest absolute Gasteiger partial charge is 0.295 e. The van der Waals surface area contributed by atoms with Crippen LogP contribution in [-0.2, 0) is 4.79 Å². The molecule has 1 heteroatoms. The first-order valence-corrected chi connectivity index (χ1v) is 4.59. The Balaban J connectivity index is 4.56. The van der Waals surface area contributed by atoms with Gasteiger partial charge < -0.3 is 0 Å². The van der Waals surface area contributed by atoms with Crippen LogP contribution in [0.4, 0.5) is 0 Å². The van der Waals surface area contributed by atoms with Crippen LogP contribution in [0.25, 0.3) is 0 Å². The van der Waals surface area contributed by atoms with Crippen molar-refractivity contribution in [2.24, 2.45) is 5.41 Å². The average molecular weight is 180 g/mol. The van der Waals surface area contributed by atoms with E-state index >= 15 is 0 Å². The van der Waals surface area contributed by atoms with Crippen LogP contribution in [0, 0.1) is 5.41 Å². The zero-order valence-electron chi connectivity index (χ0n) is 9.40. The molecule has 0 aliphatic rings. The van der Waals surface area contributed by atoms with Crippen LogP contribution in [0.5, 0.6) is 0 Å². The molecule has 0 N–H and O–H groups in total. The Hall–Kier alpha value is -0.850. The second-order valence-electron chi connectivity index (χ2n) is 4.51. The van der Waals surface area contributed by atoms with Crippen LogP contribution in [0.15, 0.2) is 23.8 Å². The van der Waals surface area contributed by atoms with Gasteiger partial charge in [-0.3, -0.25) is 4.79 Å². The van der Waals surface area contributed by atoms with E-state index in [-0.39, 0.29) is 11.2 Å². The van der Waals surface area contributed by atoms with Gasteiger partial charge in [-0.1, -0.05) is 25.5 Å². The molecule has 0 saturated carbocycles. The highest BCUT2D eigenvalue weighted by atomic mass is 16.1. The summed E-state index contributed by atoms with van der Waals surface area (Å²) in [7, 11) is 0. The molecule has 0 bridgehead atoms. The maximum Gasteiger partial charge on any atom is 0.155 e. The smallest absolute Gasteiger partial charge is 0.155 e. The molecule has 1 nitrogen and oxygen atoms in total. The van der Waals surface area contributed by atoms with Crippen LogP contribution >= 0.6 is 0 Å². The number of Topliss-reactive ketones (excluding diaryl/α,β-unsaturated/α-hetero) is 1.